The van der Waals surface area contributed by atoms with E-state index >= 15 is 0 Å². The number of hydrogen-bond acceptors (Lipinski definition) is 5. The predicted octanol–water partition coefficient (Wildman–Crippen LogP) is 3.82. The fourth-order valence-corrected chi connectivity index (χ4v) is 4.45. The molecule has 1 aromatic carbocycles. The first-order valence-corrected chi connectivity index (χ1v) is 8.33. The van der Waals surface area contributed by atoms with E-state index in [0.717, 1.165) is 27.2 Å². The maximum atomic E-state index is 12.5. The van der Waals surface area contributed by atoms with E-state index in [4.69, 9.17) is 0 Å². The number of carbonyl (C=O) groups is 2. The zero-order valence-electron chi connectivity index (χ0n) is 12.0. The summed E-state index contributed by atoms with van der Waals surface area (Å²) in [5.74, 6) is -0.746. The molecular formula is C16H15NO2S2. The highest BCUT2D eigenvalue weighted by Gasteiger charge is 2.50. The lowest BCUT2D eigenvalue weighted by Crippen LogP contribution is -2.26. The molecule has 21 heavy (non-hydrogen) atoms. The van der Waals surface area contributed by atoms with Gasteiger partial charge in [-0.25, -0.2) is 4.98 Å². The molecule has 1 aromatic heterocycles. The van der Waals surface area contributed by atoms with E-state index in [9.17, 15) is 9.59 Å². The summed E-state index contributed by atoms with van der Waals surface area (Å²) < 4.78 is -0.648. The summed E-state index contributed by atoms with van der Waals surface area (Å²) in [6.45, 7) is 5.53. The summed E-state index contributed by atoms with van der Waals surface area (Å²) in [4.78, 5) is 30.2. The third-order valence-electron chi connectivity index (χ3n) is 3.57. The largest absolute Gasteiger partial charge is 0.297 e. The van der Waals surface area contributed by atoms with Crippen LogP contribution in [-0.4, -0.2) is 20.6 Å². The molecule has 3 rings (SSSR count). The van der Waals surface area contributed by atoms with Crippen LogP contribution in [0.4, 0.5) is 0 Å². The van der Waals surface area contributed by atoms with E-state index in [2.05, 4.69) is 4.98 Å². The molecule has 5 heteroatoms. The third kappa shape index (κ3) is 2.45. The number of Topliss-reactive ketones (excluding diaryl/α,β-unsaturated/α-hetero) is 1. The summed E-state index contributed by atoms with van der Waals surface area (Å²) in [5.41, 5.74) is 1.65. The molecule has 1 aliphatic rings. The minimum absolute atomic E-state index is 0.0366. The van der Waals surface area contributed by atoms with Crippen molar-refractivity contribution in [1.82, 2.24) is 4.98 Å². The Balaban J connectivity index is 2.03. The van der Waals surface area contributed by atoms with Crippen LogP contribution in [0.3, 0.4) is 0 Å². The number of thiazole rings is 1. The van der Waals surface area contributed by atoms with Gasteiger partial charge in [0.05, 0.1) is 10.4 Å². The quantitative estimate of drug-likeness (QED) is 0.790. The molecule has 0 aliphatic carbocycles. The lowest BCUT2D eigenvalue weighted by atomic mass is 9.93. The Morgan fingerprint density at radius 3 is 2.38 bits per heavy atom. The van der Waals surface area contributed by atoms with Gasteiger partial charge in [-0.15, -0.1) is 11.3 Å². The molecule has 0 radical (unpaired) electrons. The molecule has 0 N–H and O–H groups in total. The highest BCUT2D eigenvalue weighted by molar-refractivity contribution is 8.16. The van der Waals surface area contributed by atoms with Crippen LogP contribution in [0.5, 0.6) is 0 Å². The van der Waals surface area contributed by atoms with Gasteiger partial charge in [0, 0.05) is 10.4 Å². The SMILES string of the molecule is Cc1sc(-c2ccccc2)nc1C1C(=O)SC(C)(C)C1=O. The van der Waals surface area contributed by atoms with Crippen LogP contribution < -0.4 is 0 Å². The van der Waals surface area contributed by atoms with E-state index in [1.807, 2.05) is 37.3 Å². The monoisotopic (exact) mass is 317 g/mol. The first-order chi connectivity index (χ1) is 9.90. The Hall–Kier alpha value is -1.46. The fraction of sp³-hybridized carbons (Fsp3) is 0.312. The first-order valence-electron chi connectivity index (χ1n) is 6.70. The Morgan fingerprint density at radius 1 is 1.14 bits per heavy atom. The molecule has 1 atom stereocenters. The number of aryl methyl sites for hydroxylation is 1. The molecule has 3 nitrogen and oxygen atoms in total. The van der Waals surface area contributed by atoms with Crippen LogP contribution in [0.25, 0.3) is 10.6 Å². The molecule has 1 unspecified atom stereocenters. The smallest absolute Gasteiger partial charge is 0.206 e. The van der Waals surface area contributed by atoms with Crippen molar-refractivity contribution in [2.45, 2.75) is 31.4 Å². The van der Waals surface area contributed by atoms with Crippen LogP contribution in [-0.2, 0) is 9.59 Å². The average Bonchev–Trinajstić information content (AvgIpc) is 2.90. The van der Waals surface area contributed by atoms with Gasteiger partial charge in [0.2, 0.25) is 5.12 Å². The molecule has 0 spiro atoms. The van der Waals surface area contributed by atoms with Gasteiger partial charge in [-0.2, -0.15) is 0 Å². The molecule has 0 saturated carbocycles. The highest BCUT2D eigenvalue weighted by atomic mass is 32.2. The van der Waals surface area contributed by atoms with E-state index in [0.29, 0.717) is 5.69 Å². The van der Waals surface area contributed by atoms with Gasteiger partial charge < -0.3 is 0 Å². The van der Waals surface area contributed by atoms with Crippen molar-refractivity contribution in [2.24, 2.45) is 0 Å². The van der Waals surface area contributed by atoms with Crippen LogP contribution >= 0.6 is 23.1 Å². The second-order valence-electron chi connectivity index (χ2n) is 5.56. The van der Waals surface area contributed by atoms with Crippen molar-refractivity contribution < 1.29 is 9.59 Å². The number of hydrogen-bond donors (Lipinski definition) is 0. The summed E-state index contributed by atoms with van der Waals surface area (Å²) in [5, 5.41) is 0.774. The van der Waals surface area contributed by atoms with Gasteiger partial charge in [0.25, 0.3) is 0 Å². The summed E-state index contributed by atoms with van der Waals surface area (Å²) >= 11 is 2.66. The summed E-state index contributed by atoms with van der Waals surface area (Å²) in [6.07, 6.45) is 0. The zero-order valence-corrected chi connectivity index (χ0v) is 13.7. The van der Waals surface area contributed by atoms with Crippen molar-refractivity contribution in [3.8, 4) is 10.6 Å². The second-order valence-corrected chi connectivity index (χ2v) is 8.39. The lowest BCUT2D eigenvalue weighted by molar-refractivity contribution is -0.124. The van der Waals surface area contributed by atoms with Gasteiger partial charge in [-0.3, -0.25) is 9.59 Å². The lowest BCUT2D eigenvalue weighted by Gasteiger charge is -2.12. The van der Waals surface area contributed by atoms with Crippen LogP contribution in [0.15, 0.2) is 30.3 Å². The summed E-state index contributed by atoms with van der Waals surface area (Å²) in [6, 6.07) is 9.83. The number of benzene rings is 1. The average molecular weight is 317 g/mol. The van der Waals surface area contributed by atoms with Crippen LogP contribution in [0, 0.1) is 6.92 Å². The molecule has 2 aromatic rings. The van der Waals surface area contributed by atoms with Crippen molar-refractivity contribution in [3.05, 3.63) is 40.9 Å². The topological polar surface area (TPSA) is 47.0 Å². The molecule has 0 bridgehead atoms. The number of aromatic nitrogens is 1. The molecular weight excluding hydrogens is 302 g/mol. The van der Waals surface area contributed by atoms with E-state index in [1.54, 1.807) is 13.8 Å². The molecule has 1 fully saturated rings. The van der Waals surface area contributed by atoms with E-state index < -0.39 is 10.7 Å². The minimum Gasteiger partial charge on any atom is -0.297 e. The first kappa shape index (κ1) is 14.5. The molecule has 0 amide bonds. The number of ketones is 1. The number of carbonyl (C=O) groups excluding carboxylic acids is 2. The molecule has 1 saturated heterocycles. The van der Waals surface area contributed by atoms with Crippen LogP contribution in [0.1, 0.15) is 30.3 Å². The molecule has 108 valence electrons. The Kier molecular flexibility index (Phi) is 3.50. The van der Waals surface area contributed by atoms with Crippen molar-refractivity contribution in [1.29, 1.82) is 0 Å². The number of rotatable bonds is 2. The predicted molar refractivity (Wildman–Crippen MR) is 86.7 cm³/mol. The Bertz CT molecular complexity index is 719. The van der Waals surface area contributed by atoms with Gasteiger partial charge >= 0.3 is 0 Å². The normalized spacial score (nSPS) is 21.0. The number of thioether (sulfide) groups is 1. The van der Waals surface area contributed by atoms with E-state index in [-0.39, 0.29) is 10.9 Å². The molecule has 1 aliphatic heterocycles. The Labute approximate surface area is 131 Å². The second kappa shape index (κ2) is 5.07. The summed E-state index contributed by atoms with van der Waals surface area (Å²) in [7, 11) is 0. The standard InChI is InChI=1S/C16H15NO2S2/c1-9-12(11-13(18)16(2,3)21-15(11)19)17-14(20-9)10-7-5-4-6-8-10/h4-8,11H,1-3H3. The highest BCUT2D eigenvalue weighted by Crippen LogP contribution is 2.45. The van der Waals surface area contributed by atoms with Gasteiger partial charge in [0.1, 0.15) is 10.9 Å². The third-order valence-corrected chi connectivity index (χ3v) is 5.76. The van der Waals surface area contributed by atoms with Crippen molar-refractivity contribution in [2.75, 3.05) is 0 Å². The van der Waals surface area contributed by atoms with Crippen molar-refractivity contribution in [3.63, 3.8) is 0 Å². The molecule has 2 heterocycles. The minimum atomic E-state index is -0.710. The number of nitrogens with zero attached hydrogens (tertiary/aromatic N) is 1. The fourth-order valence-electron chi connectivity index (χ4n) is 2.43. The van der Waals surface area contributed by atoms with Gasteiger partial charge in [-0.1, -0.05) is 42.1 Å². The van der Waals surface area contributed by atoms with Gasteiger partial charge in [0.15, 0.2) is 5.78 Å². The maximum Gasteiger partial charge on any atom is 0.206 e. The van der Waals surface area contributed by atoms with E-state index in [1.165, 1.54) is 11.3 Å². The zero-order chi connectivity index (χ0) is 15.2. The van der Waals surface area contributed by atoms with Crippen molar-refractivity contribution >= 4 is 34.0 Å². The Morgan fingerprint density at radius 2 is 1.81 bits per heavy atom. The van der Waals surface area contributed by atoms with Crippen LogP contribution in [0.2, 0.25) is 0 Å². The maximum absolute atomic E-state index is 12.5. The van der Waals surface area contributed by atoms with Gasteiger partial charge in [-0.05, 0) is 20.8 Å².